The molecule has 1 amide bonds. The molecule has 14 heavy (non-hydrogen) atoms. The molecular formula is C12H21NO. The van der Waals surface area contributed by atoms with E-state index in [1.54, 1.807) is 0 Å². The molecule has 2 aliphatic carbocycles. The fourth-order valence-corrected chi connectivity index (χ4v) is 2.50. The Labute approximate surface area is 86.5 Å². The lowest BCUT2D eigenvalue weighted by Gasteiger charge is -2.32. The maximum Gasteiger partial charge on any atom is 0.223 e. The second kappa shape index (κ2) is 4.33. The fraction of sp³-hybridized carbons (Fsp3) is 0.917. The molecule has 2 fully saturated rings. The van der Waals surface area contributed by atoms with Crippen molar-refractivity contribution in [3.05, 3.63) is 0 Å². The molecule has 2 atom stereocenters. The molecule has 0 aromatic rings. The molecule has 2 aliphatic rings. The smallest absolute Gasteiger partial charge is 0.223 e. The van der Waals surface area contributed by atoms with E-state index in [1.807, 2.05) is 0 Å². The van der Waals surface area contributed by atoms with Gasteiger partial charge >= 0.3 is 0 Å². The highest BCUT2D eigenvalue weighted by atomic mass is 16.2. The van der Waals surface area contributed by atoms with Crippen molar-refractivity contribution in [3.63, 3.8) is 0 Å². The molecule has 0 spiro atoms. The average molecular weight is 195 g/mol. The van der Waals surface area contributed by atoms with Gasteiger partial charge in [0.05, 0.1) is 0 Å². The highest BCUT2D eigenvalue weighted by molar-refractivity contribution is 5.79. The van der Waals surface area contributed by atoms with Crippen molar-refractivity contribution in [2.45, 2.75) is 57.9 Å². The Morgan fingerprint density at radius 1 is 1.07 bits per heavy atom. The van der Waals surface area contributed by atoms with Crippen molar-refractivity contribution in [1.29, 1.82) is 0 Å². The first-order valence-electron chi connectivity index (χ1n) is 6.08. The van der Waals surface area contributed by atoms with Crippen molar-refractivity contribution in [2.24, 2.45) is 11.8 Å². The lowest BCUT2D eigenvalue weighted by atomic mass is 9.82. The third kappa shape index (κ3) is 2.10. The monoisotopic (exact) mass is 195 g/mol. The largest absolute Gasteiger partial charge is 0.353 e. The highest BCUT2D eigenvalue weighted by Gasteiger charge is 2.29. The Bertz CT molecular complexity index is 210. The Morgan fingerprint density at radius 2 is 1.79 bits per heavy atom. The summed E-state index contributed by atoms with van der Waals surface area (Å²) in [6, 6.07) is 0.469. The van der Waals surface area contributed by atoms with Crippen LogP contribution in [0.15, 0.2) is 0 Å². The minimum absolute atomic E-state index is 0.329. The van der Waals surface area contributed by atoms with E-state index in [4.69, 9.17) is 0 Å². The SMILES string of the molecule is C[C@H]1CCCC[C@@H]1NC(=O)C1CCC1. The Morgan fingerprint density at radius 3 is 2.36 bits per heavy atom. The van der Waals surface area contributed by atoms with Crippen molar-refractivity contribution in [2.75, 3.05) is 0 Å². The molecule has 0 aromatic carbocycles. The molecule has 0 unspecified atom stereocenters. The second-order valence-electron chi connectivity index (χ2n) is 5.00. The lowest BCUT2D eigenvalue weighted by Crippen LogP contribution is -2.45. The molecule has 0 radical (unpaired) electrons. The summed E-state index contributed by atoms with van der Waals surface area (Å²) in [5, 5.41) is 3.23. The van der Waals surface area contributed by atoms with Crippen LogP contribution in [-0.2, 0) is 4.79 Å². The van der Waals surface area contributed by atoms with Gasteiger partial charge in [-0.2, -0.15) is 0 Å². The first-order valence-corrected chi connectivity index (χ1v) is 6.08. The molecule has 80 valence electrons. The van der Waals surface area contributed by atoms with E-state index in [1.165, 1.54) is 32.1 Å². The normalized spacial score (nSPS) is 33.5. The molecule has 2 heteroatoms. The van der Waals surface area contributed by atoms with Crippen molar-refractivity contribution < 1.29 is 4.79 Å². The van der Waals surface area contributed by atoms with E-state index in [2.05, 4.69) is 12.2 Å². The van der Waals surface area contributed by atoms with Gasteiger partial charge in [-0.3, -0.25) is 4.79 Å². The molecule has 0 saturated heterocycles. The quantitative estimate of drug-likeness (QED) is 0.720. The molecule has 1 N–H and O–H groups in total. The summed E-state index contributed by atoms with van der Waals surface area (Å²) in [6.45, 7) is 2.27. The summed E-state index contributed by atoms with van der Waals surface area (Å²) in [6.07, 6.45) is 8.60. The number of carbonyl (C=O) groups excluding carboxylic acids is 1. The predicted octanol–water partition coefficient (Wildman–Crippen LogP) is 2.48. The number of nitrogens with one attached hydrogen (secondary N) is 1. The maximum absolute atomic E-state index is 11.7. The highest BCUT2D eigenvalue weighted by Crippen LogP contribution is 2.28. The van der Waals surface area contributed by atoms with E-state index >= 15 is 0 Å². The van der Waals surface area contributed by atoms with Gasteiger partial charge in [-0.1, -0.05) is 26.2 Å². The maximum atomic E-state index is 11.7. The zero-order valence-corrected chi connectivity index (χ0v) is 9.09. The third-order valence-electron chi connectivity index (χ3n) is 3.92. The molecule has 2 rings (SSSR count). The van der Waals surface area contributed by atoms with Crippen LogP contribution in [0.5, 0.6) is 0 Å². The van der Waals surface area contributed by atoms with Gasteiger partial charge in [0.25, 0.3) is 0 Å². The van der Waals surface area contributed by atoms with Gasteiger partial charge in [0.2, 0.25) is 5.91 Å². The molecular weight excluding hydrogens is 174 g/mol. The first kappa shape index (κ1) is 10.0. The van der Waals surface area contributed by atoms with E-state index in [9.17, 15) is 4.79 Å². The number of amides is 1. The minimum Gasteiger partial charge on any atom is -0.353 e. The average Bonchev–Trinajstić information content (AvgIpc) is 2.05. The zero-order valence-electron chi connectivity index (χ0n) is 9.09. The van der Waals surface area contributed by atoms with E-state index in [0.717, 1.165) is 12.8 Å². The Hall–Kier alpha value is -0.530. The Balaban J connectivity index is 1.79. The van der Waals surface area contributed by atoms with Crippen LogP contribution in [0, 0.1) is 11.8 Å². The fourth-order valence-electron chi connectivity index (χ4n) is 2.50. The second-order valence-corrected chi connectivity index (χ2v) is 5.00. The summed E-state index contributed by atoms with van der Waals surface area (Å²) in [7, 11) is 0. The van der Waals surface area contributed by atoms with Gasteiger partial charge in [0.15, 0.2) is 0 Å². The van der Waals surface area contributed by atoms with E-state index < -0.39 is 0 Å². The van der Waals surface area contributed by atoms with Crippen LogP contribution in [0.2, 0.25) is 0 Å². The molecule has 0 aliphatic heterocycles. The summed E-state index contributed by atoms with van der Waals surface area (Å²) >= 11 is 0. The molecule has 0 heterocycles. The summed E-state index contributed by atoms with van der Waals surface area (Å²) in [4.78, 5) is 11.7. The van der Waals surface area contributed by atoms with Gasteiger partial charge in [-0.05, 0) is 31.6 Å². The van der Waals surface area contributed by atoms with Crippen LogP contribution in [0.1, 0.15) is 51.9 Å². The molecule has 2 nitrogen and oxygen atoms in total. The number of carbonyl (C=O) groups is 1. The van der Waals surface area contributed by atoms with Crippen LogP contribution in [0.25, 0.3) is 0 Å². The molecule has 2 saturated carbocycles. The van der Waals surface area contributed by atoms with Gasteiger partial charge in [-0.25, -0.2) is 0 Å². The first-order chi connectivity index (χ1) is 6.77. The van der Waals surface area contributed by atoms with Crippen LogP contribution < -0.4 is 5.32 Å². The minimum atomic E-state index is 0.329. The van der Waals surface area contributed by atoms with Crippen LogP contribution in [0.4, 0.5) is 0 Å². The Kier molecular flexibility index (Phi) is 3.09. The van der Waals surface area contributed by atoms with Crippen LogP contribution >= 0.6 is 0 Å². The van der Waals surface area contributed by atoms with Gasteiger partial charge in [-0.15, -0.1) is 0 Å². The number of hydrogen-bond donors (Lipinski definition) is 1. The summed E-state index contributed by atoms with van der Waals surface area (Å²) in [5.41, 5.74) is 0. The summed E-state index contributed by atoms with van der Waals surface area (Å²) < 4.78 is 0. The summed E-state index contributed by atoms with van der Waals surface area (Å²) in [5.74, 6) is 1.37. The molecule has 0 aromatic heterocycles. The van der Waals surface area contributed by atoms with Crippen LogP contribution in [0.3, 0.4) is 0 Å². The van der Waals surface area contributed by atoms with E-state index in [0.29, 0.717) is 23.8 Å². The topological polar surface area (TPSA) is 29.1 Å². The van der Waals surface area contributed by atoms with Crippen molar-refractivity contribution in [1.82, 2.24) is 5.32 Å². The standard InChI is InChI=1S/C12H21NO/c1-9-5-2-3-8-11(9)13-12(14)10-6-4-7-10/h9-11H,2-8H2,1H3,(H,13,14)/t9-,11-/m0/s1. The predicted molar refractivity (Wildman–Crippen MR) is 56.9 cm³/mol. The van der Waals surface area contributed by atoms with Crippen molar-refractivity contribution >= 4 is 5.91 Å². The lowest BCUT2D eigenvalue weighted by molar-refractivity contribution is -0.128. The van der Waals surface area contributed by atoms with Gasteiger partial charge in [0, 0.05) is 12.0 Å². The number of hydrogen-bond acceptors (Lipinski definition) is 1. The third-order valence-corrected chi connectivity index (χ3v) is 3.92. The van der Waals surface area contributed by atoms with Gasteiger partial charge < -0.3 is 5.32 Å². The number of rotatable bonds is 2. The van der Waals surface area contributed by atoms with E-state index in [-0.39, 0.29) is 0 Å². The van der Waals surface area contributed by atoms with Crippen molar-refractivity contribution in [3.8, 4) is 0 Å². The molecule has 0 bridgehead atoms. The van der Waals surface area contributed by atoms with Crippen LogP contribution in [-0.4, -0.2) is 11.9 Å². The van der Waals surface area contributed by atoms with Gasteiger partial charge in [0.1, 0.15) is 0 Å². The zero-order chi connectivity index (χ0) is 9.97.